The molecule has 1 unspecified atom stereocenters. The minimum atomic E-state index is -0.144. The van der Waals surface area contributed by atoms with E-state index in [9.17, 15) is 4.79 Å². The molecule has 0 spiro atoms. The predicted molar refractivity (Wildman–Crippen MR) is 90.7 cm³/mol. The highest BCUT2D eigenvalue weighted by Crippen LogP contribution is 2.32. The van der Waals surface area contributed by atoms with Crippen LogP contribution in [-0.4, -0.2) is 41.6 Å². The molecule has 1 aromatic heterocycles. The Bertz CT molecular complexity index is 715. The highest BCUT2D eigenvalue weighted by molar-refractivity contribution is 6.37. The first-order valence-corrected chi connectivity index (χ1v) is 8.36. The lowest BCUT2D eigenvalue weighted by Crippen LogP contribution is -2.52. The molecule has 1 aliphatic heterocycles. The van der Waals surface area contributed by atoms with Crippen LogP contribution in [0, 0.1) is 0 Å². The number of hydrogen-bond acceptors (Lipinski definition) is 5. The summed E-state index contributed by atoms with van der Waals surface area (Å²) in [5.74, 6) is 0.660. The van der Waals surface area contributed by atoms with E-state index in [4.69, 9.17) is 32.5 Å². The van der Waals surface area contributed by atoms with Crippen LogP contribution < -0.4 is 10.1 Å². The molecule has 24 heavy (non-hydrogen) atoms. The monoisotopic (exact) mass is 369 g/mol. The Morgan fingerprint density at radius 1 is 1.46 bits per heavy atom. The molecule has 1 amide bonds. The number of carbonyl (C=O) groups is 1. The van der Waals surface area contributed by atoms with Crippen molar-refractivity contribution in [2.45, 2.75) is 19.6 Å². The molecule has 0 saturated carbocycles. The molecule has 3 rings (SSSR count). The highest BCUT2D eigenvalue weighted by atomic mass is 35.5. The molecule has 0 aliphatic carbocycles. The first-order valence-electron chi connectivity index (χ1n) is 7.60. The number of carbonyl (C=O) groups excluding carboxylic acids is 1. The minimum Gasteiger partial charge on any atom is -0.482 e. The predicted octanol–water partition coefficient (Wildman–Crippen LogP) is 2.99. The first kappa shape index (κ1) is 17.1. The van der Waals surface area contributed by atoms with Crippen LogP contribution in [0.1, 0.15) is 23.2 Å². The number of ether oxygens (including phenoxy) is 1. The lowest BCUT2D eigenvalue weighted by atomic mass is 10.2. The second kappa shape index (κ2) is 7.42. The average molecular weight is 370 g/mol. The largest absolute Gasteiger partial charge is 0.482 e. The quantitative estimate of drug-likeness (QED) is 0.896. The number of nitrogens with one attached hydrogen (secondary N) is 1. The summed E-state index contributed by atoms with van der Waals surface area (Å²) in [4.78, 5) is 14.3. The number of para-hydroxylation sites is 1. The summed E-state index contributed by atoms with van der Waals surface area (Å²) in [5, 5.41) is 7.91. The molecular formula is C16H17Cl2N3O3. The molecule has 1 aromatic carbocycles. The molecule has 1 fully saturated rings. The van der Waals surface area contributed by atoms with E-state index >= 15 is 0 Å². The van der Waals surface area contributed by atoms with Crippen LogP contribution in [0.4, 0.5) is 0 Å². The minimum absolute atomic E-state index is 0.0842. The maximum absolute atomic E-state index is 12.5. The summed E-state index contributed by atoms with van der Waals surface area (Å²) in [6, 6.07) is 6.80. The summed E-state index contributed by atoms with van der Waals surface area (Å²) in [6.45, 7) is 4.27. The van der Waals surface area contributed by atoms with Crippen LogP contribution in [-0.2, 0) is 6.61 Å². The topological polar surface area (TPSA) is 67.6 Å². The van der Waals surface area contributed by atoms with E-state index < -0.39 is 0 Å². The molecule has 1 N–H and O–H groups in total. The Morgan fingerprint density at radius 2 is 2.21 bits per heavy atom. The average Bonchev–Trinajstić information content (AvgIpc) is 3.03. The first-order chi connectivity index (χ1) is 11.6. The van der Waals surface area contributed by atoms with Crippen molar-refractivity contribution in [3.8, 4) is 5.75 Å². The molecule has 128 valence electrons. The molecule has 1 atom stereocenters. The number of piperazine rings is 1. The summed E-state index contributed by atoms with van der Waals surface area (Å²) >= 11 is 12.1. The molecule has 0 radical (unpaired) electrons. The molecule has 1 saturated heterocycles. The SMILES string of the molecule is CC1CNCCN1C(=O)c1cc(COc2c(Cl)cccc2Cl)on1. The Hall–Kier alpha value is -1.76. The van der Waals surface area contributed by atoms with Crippen LogP contribution in [0.15, 0.2) is 28.8 Å². The van der Waals surface area contributed by atoms with Crippen LogP contribution >= 0.6 is 23.2 Å². The molecule has 0 bridgehead atoms. The van der Waals surface area contributed by atoms with Crippen molar-refractivity contribution >= 4 is 29.1 Å². The highest BCUT2D eigenvalue weighted by Gasteiger charge is 2.26. The fourth-order valence-corrected chi connectivity index (χ4v) is 3.04. The summed E-state index contributed by atoms with van der Waals surface area (Å²) in [6.07, 6.45) is 0. The number of nitrogens with zero attached hydrogens (tertiary/aromatic N) is 2. The second-order valence-electron chi connectivity index (χ2n) is 5.57. The molecule has 2 aromatic rings. The van der Waals surface area contributed by atoms with E-state index in [1.54, 1.807) is 29.2 Å². The van der Waals surface area contributed by atoms with Gasteiger partial charge in [0.2, 0.25) is 0 Å². The number of rotatable bonds is 4. The van der Waals surface area contributed by atoms with Gasteiger partial charge in [-0.2, -0.15) is 0 Å². The Morgan fingerprint density at radius 3 is 2.92 bits per heavy atom. The van der Waals surface area contributed by atoms with Crippen molar-refractivity contribution in [2.24, 2.45) is 0 Å². The molecular weight excluding hydrogens is 353 g/mol. The maximum Gasteiger partial charge on any atom is 0.276 e. The van der Waals surface area contributed by atoms with Crippen molar-refractivity contribution in [3.05, 3.63) is 45.8 Å². The van der Waals surface area contributed by atoms with E-state index in [-0.39, 0.29) is 24.2 Å². The standard InChI is InChI=1S/C16H17Cl2N3O3/c1-10-8-19-5-6-21(10)16(22)14-7-11(24-20-14)9-23-15-12(17)3-2-4-13(15)18/h2-4,7,10,19H,5-6,8-9H2,1H3. The zero-order chi connectivity index (χ0) is 17.1. The van der Waals surface area contributed by atoms with Crippen LogP contribution in [0.2, 0.25) is 10.0 Å². The van der Waals surface area contributed by atoms with E-state index in [0.29, 0.717) is 28.1 Å². The van der Waals surface area contributed by atoms with Gasteiger partial charge in [0.1, 0.15) is 6.61 Å². The van der Waals surface area contributed by atoms with Crippen molar-refractivity contribution in [1.82, 2.24) is 15.4 Å². The number of amides is 1. The fraction of sp³-hybridized carbons (Fsp3) is 0.375. The van der Waals surface area contributed by atoms with E-state index in [2.05, 4.69) is 10.5 Å². The van der Waals surface area contributed by atoms with Crippen molar-refractivity contribution < 1.29 is 14.1 Å². The second-order valence-corrected chi connectivity index (χ2v) is 6.38. The van der Waals surface area contributed by atoms with Crippen molar-refractivity contribution in [1.29, 1.82) is 0 Å². The van der Waals surface area contributed by atoms with Gasteiger partial charge in [-0.25, -0.2) is 0 Å². The van der Waals surface area contributed by atoms with E-state index in [1.165, 1.54) is 0 Å². The lowest BCUT2D eigenvalue weighted by molar-refractivity contribution is 0.0645. The molecule has 1 aliphatic rings. The van der Waals surface area contributed by atoms with Gasteiger partial charge in [0, 0.05) is 31.7 Å². The summed E-state index contributed by atoms with van der Waals surface area (Å²) < 4.78 is 10.8. The summed E-state index contributed by atoms with van der Waals surface area (Å²) in [5.41, 5.74) is 0.271. The molecule has 8 heteroatoms. The number of aromatic nitrogens is 1. The molecule has 2 heterocycles. The number of halogens is 2. The van der Waals surface area contributed by atoms with Gasteiger partial charge in [-0.1, -0.05) is 34.4 Å². The third-order valence-electron chi connectivity index (χ3n) is 3.82. The smallest absolute Gasteiger partial charge is 0.276 e. The maximum atomic E-state index is 12.5. The fourth-order valence-electron chi connectivity index (χ4n) is 2.54. The normalized spacial score (nSPS) is 17.8. The number of benzene rings is 1. The van der Waals surface area contributed by atoms with Gasteiger partial charge in [-0.15, -0.1) is 0 Å². The number of hydrogen-bond donors (Lipinski definition) is 1. The Labute approximate surface area is 149 Å². The van der Waals surface area contributed by atoms with Gasteiger partial charge in [0.05, 0.1) is 10.0 Å². The Balaban J connectivity index is 1.66. The van der Waals surface area contributed by atoms with Gasteiger partial charge in [0.15, 0.2) is 17.2 Å². The lowest BCUT2D eigenvalue weighted by Gasteiger charge is -2.33. The van der Waals surface area contributed by atoms with Crippen molar-refractivity contribution in [2.75, 3.05) is 19.6 Å². The third-order valence-corrected chi connectivity index (χ3v) is 4.41. The third kappa shape index (κ3) is 3.66. The van der Waals surface area contributed by atoms with Crippen LogP contribution in [0.5, 0.6) is 5.75 Å². The van der Waals surface area contributed by atoms with E-state index in [0.717, 1.165) is 13.1 Å². The van der Waals surface area contributed by atoms with Gasteiger partial charge in [0.25, 0.3) is 5.91 Å². The van der Waals surface area contributed by atoms with Crippen LogP contribution in [0.3, 0.4) is 0 Å². The zero-order valence-corrected chi connectivity index (χ0v) is 14.6. The zero-order valence-electron chi connectivity index (χ0n) is 13.1. The van der Waals surface area contributed by atoms with Gasteiger partial charge < -0.3 is 19.5 Å². The van der Waals surface area contributed by atoms with Gasteiger partial charge in [-0.3, -0.25) is 4.79 Å². The van der Waals surface area contributed by atoms with Gasteiger partial charge in [-0.05, 0) is 19.1 Å². The van der Waals surface area contributed by atoms with Crippen molar-refractivity contribution in [3.63, 3.8) is 0 Å². The van der Waals surface area contributed by atoms with E-state index in [1.807, 2.05) is 6.92 Å². The van der Waals surface area contributed by atoms with Crippen LogP contribution in [0.25, 0.3) is 0 Å². The molecule has 6 nitrogen and oxygen atoms in total. The van der Waals surface area contributed by atoms with Gasteiger partial charge >= 0.3 is 0 Å². The summed E-state index contributed by atoms with van der Waals surface area (Å²) in [7, 11) is 0. The Kier molecular flexibility index (Phi) is 5.28.